The van der Waals surface area contributed by atoms with Crippen LogP contribution in [-0.2, 0) is 16.1 Å². The van der Waals surface area contributed by atoms with Gasteiger partial charge in [-0.05, 0) is 74.4 Å². The number of hydrogen-bond donors (Lipinski definition) is 2. The first kappa shape index (κ1) is 25.2. The Morgan fingerprint density at radius 2 is 1.72 bits per heavy atom. The van der Waals surface area contributed by atoms with Crippen LogP contribution >= 0.6 is 11.6 Å². The Morgan fingerprint density at radius 1 is 1.06 bits per heavy atom. The van der Waals surface area contributed by atoms with Gasteiger partial charge in [0, 0.05) is 16.2 Å². The van der Waals surface area contributed by atoms with Crippen molar-refractivity contribution in [3.8, 4) is 5.75 Å². The number of carbonyl (C=O) groups excluding carboxylic acids is 2. The van der Waals surface area contributed by atoms with Crippen LogP contribution in [0, 0.1) is 0 Å². The molecule has 0 fully saturated rings. The summed E-state index contributed by atoms with van der Waals surface area (Å²) in [5.74, 6) is -0.653. The van der Waals surface area contributed by atoms with Crippen molar-refractivity contribution in [3.63, 3.8) is 0 Å². The van der Waals surface area contributed by atoms with Crippen LogP contribution < -0.4 is 10.2 Å². The quantitative estimate of drug-likeness (QED) is 0.356. The number of phenols is 1. The number of nitrogens with one attached hydrogen (secondary N) is 1. The fourth-order valence-electron chi connectivity index (χ4n) is 3.84. The second kappa shape index (κ2) is 10.4. The lowest BCUT2D eigenvalue weighted by molar-refractivity contribution is -0.128. The topological polar surface area (TPSA) is 100 Å². The first-order chi connectivity index (χ1) is 17.2. The van der Waals surface area contributed by atoms with Crippen molar-refractivity contribution in [1.82, 2.24) is 20.3 Å². The molecule has 1 aromatic heterocycles. The first-order valence-corrected chi connectivity index (χ1v) is 12.0. The molecule has 0 saturated heterocycles. The Labute approximate surface area is 214 Å². The summed E-state index contributed by atoms with van der Waals surface area (Å²) in [6.45, 7) is 5.69. The molecule has 2 amide bonds. The van der Waals surface area contributed by atoms with Gasteiger partial charge in [-0.1, -0.05) is 48.0 Å². The number of benzene rings is 3. The molecule has 0 aliphatic carbocycles. The molecule has 0 spiro atoms. The van der Waals surface area contributed by atoms with Gasteiger partial charge < -0.3 is 10.4 Å². The second-order valence-corrected chi connectivity index (χ2v) is 9.63. The summed E-state index contributed by atoms with van der Waals surface area (Å²) in [5.41, 5.74) is 1.92. The Bertz CT molecular complexity index is 1370. The van der Waals surface area contributed by atoms with Gasteiger partial charge in [0.25, 0.3) is 0 Å². The van der Waals surface area contributed by atoms with E-state index in [-0.39, 0.29) is 24.1 Å². The predicted octanol–water partition coefficient (Wildman–Crippen LogP) is 4.87. The second-order valence-electron chi connectivity index (χ2n) is 9.20. The maximum Gasteiger partial charge on any atom is 0.249 e. The molecule has 0 unspecified atom stereocenters. The van der Waals surface area contributed by atoms with E-state index in [2.05, 4.69) is 15.6 Å². The molecule has 0 radical (unpaired) electrons. The lowest BCUT2D eigenvalue weighted by Gasteiger charge is -2.34. The summed E-state index contributed by atoms with van der Waals surface area (Å²) in [6, 6.07) is 19.4. The molecule has 36 heavy (non-hydrogen) atoms. The van der Waals surface area contributed by atoms with Gasteiger partial charge in [0.2, 0.25) is 11.8 Å². The fraction of sp³-hybridized carbons (Fsp3) is 0.259. The van der Waals surface area contributed by atoms with Crippen LogP contribution in [0.15, 0.2) is 72.8 Å². The van der Waals surface area contributed by atoms with Crippen LogP contribution in [0.4, 0.5) is 5.69 Å². The molecule has 186 valence electrons. The number of phenolic OH excluding ortho intramolecular Hbond substituents is 1. The Hall–Kier alpha value is -3.91. The minimum absolute atomic E-state index is 0.0604. The molecule has 0 saturated carbocycles. The molecule has 9 heteroatoms. The predicted molar refractivity (Wildman–Crippen MR) is 140 cm³/mol. The zero-order valence-electron chi connectivity index (χ0n) is 20.4. The van der Waals surface area contributed by atoms with Crippen molar-refractivity contribution < 1.29 is 14.7 Å². The van der Waals surface area contributed by atoms with E-state index >= 15 is 0 Å². The average molecular weight is 506 g/mol. The van der Waals surface area contributed by atoms with E-state index in [0.717, 1.165) is 0 Å². The number of anilines is 1. The number of aromatic nitrogens is 3. The third-order valence-electron chi connectivity index (χ3n) is 6.14. The van der Waals surface area contributed by atoms with Gasteiger partial charge in [-0.3, -0.25) is 14.5 Å². The fourth-order valence-corrected chi connectivity index (χ4v) is 3.97. The van der Waals surface area contributed by atoms with Gasteiger partial charge in [0.05, 0.1) is 5.52 Å². The summed E-state index contributed by atoms with van der Waals surface area (Å²) < 4.78 is 1.52. The molecule has 8 nitrogen and oxygen atoms in total. The zero-order valence-corrected chi connectivity index (χ0v) is 21.1. The van der Waals surface area contributed by atoms with Gasteiger partial charge in [0.15, 0.2) is 0 Å². The number of aromatic hydroxyl groups is 1. The highest BCUT2D eigenvalue weighted by atomic mass is 35.5. The van der Waals surface area contributed by atoms with Crippen molar-refractivity contribution in [2.75, 3.05) is 4.90 Å². The molecular weight excluding hydrogens is 478 g/mol. The SMILES string of the molecule is CCC(C)(C)NC(=O)[C@H](c1ccc(O)cc1)N(C(=O)Cn1nnc2ccccc21)c1ccc(Cl)cc1. The van der Waals surface area contributed by atoms with Crippen LogP contribution in [0.1, 0.15) is 38.8 Å². The van der Waals surface area contributed by atoms with Gasteiger partial charge >= 0.3 is 0 Å². The standard InChI is InChI=1S/C27H28ClN5O3/c1-4-27(2,3)29-26(36)25(18-9-15-21(34)16-10-18)33(20-13-11-19(28)12-14-20)24(35)17-32-23-8-6-5-7-22(23)30-31-32/h5-16,25,34H,4,17H2,1-3H3,(H,29,36)/t25-/m0/s1. The van der Waals surface area contributed by atoms with E-state index in [1.54, 1.807) is 36.4 Å². The minimum atomic E-state index is -1.01. The maximum atomic E-state index is 13.9. The molecule has 1 atom stereocenters. The van der Waals surface area contributed by atoms with E-state index < -0.39 is 11.6 Å². The number of para-hydroxylation sites is 1. The molecule has 2 N–H and O–H groups in total. The largest absolute Gasteiger partial charge is 0.508 e. The first-order valence-electron chi connectivity index (χ1n) is 11.7. The highest BCUT2D eigenvalue weighted by Gasteiger charge is 2.35. The van der Waals surface area contributed by atoms with Gasteiger partial charge in [-0.25, -0.2) is 4.68 Å². The smallest absolute Gasteiger partial charge is 0.249 e. The van der Waals surface area contributed by atoms with E-state index in [4.69, 9.17) is 11.6 Å². The number of carbonyl (C=O) groups is 2. The molecule has 3 aromatic carbocycles. The monoisotopic (exact) mass is 505 g/mol. The molecule has 4 rings (SSSR count). The summed E-state index contributed by atoms with van der Waals surface area (Å²) in [7, 11) is 0. The Morgan fingerprint density at radius 3 is 2.39 bits per heavy atom. The molecule has 0 aliphatic rings. The number of nitrogens with zero attached hydrogens (tertiary/aromatic N) is 4. The zero-order chi connectivity index (χ0) is 25.9. The van der Waals surface area contributed by atoms with Gasteiger partial charge in [0.1, 0.15) is 23.9 Å². The summed E-state index contributed by atoms with van der Waals surface area (Å²) in [6.07, 6.45) is 0.695. The molecule has 0 bridgehead atoms. The highest BCUT2D eigenvalue weighted by molar-refractivity contribution is 6.30. The van der Waals surface area contributed by atoms with E-state index in [0.29, 0.717) is 33.7 Å². The number of fused-ring (bicyclic) bond motifs is 1. The maximum absolute atomic E-state index is 13.9. The third kappa shape index (κ3) is 5.49. The van der Waals surface area contributed by atoms with Crippen molar-refractivity contribution in [2.24, 2.45) is 0 Å². The number of amides is 2. The average Bonchev–Trinajstić information content (AvgIpc) is 3.26. The third-order valence-corrected chi connectivity index (χ3v) is 6.39. The van der Waals surface area contributed by atoms with Crippen LogP contribution in [0.25, 0.3) is 11.0 Å². The Kier molecular flexibility index (Phi) is 7.26. The summed E-state index contributed by atoms with van der Waals surface area (Å²) in [5, 5.41) is 21.7. The molecular formula is C27H28ClN5O3. The van der Waals surface area contributed by atoms with Crippen molar-refractivity contribution in [2.45, 2.75) is 45.3 Å². The summed E-state index contributed by atoms with van der Waals surface area (Å²) in [4.78, 5) is 29.2. The van der Waals surface area contributed by atoms with E-state index in [1.165, 1.54) is 21.7 Å². The van der Waals surface area contributed by atoms with Crippen LogP contribution in [0.3, 0.4) is 0 Å². The van der Waals surface area contributed by atoms with Gasteiger partial charge in [-0.15, -0.1) is 5.10 Å². The van der Waals surface area contributed by atoms with Crippen LogP contribution in [0.2, 0.25) is 5.02 Å². The Balaban J connectivity index is 1.81. The van der Waals surface area contributed by atoms with Gasteiger partial charge in [-0.2, -0.15) is 0 Å². The molecule has 1 heterocycles. The minimum Gasteiger partial charge on any atom is -0.508 e. The van der Waals surface area contributed by atoms with Crippen molar-refractivity contribution in [3.05, 3.63) is 83.4 Å². The summed E-state index contributed by atoms with van der Waals surface area (Å²) >= 11 is 6.13. The number of hydrogen-bond acceptors (Lipinski definition) is 5. The van der Waals surface area contributed by atoms with E-state index in [1.807, 2.05) is 45.0 Å². The van der Waals surface area contributed by atoms with Crippen LogP contribution in [0.5, 0.6) is 5.75 Å². The number of halogens is 1. The number of rotatable bonds is 8. The lowest BCUT2D eigenvalue weighted by Crippen LogP contribution is -2.51. The van der Waals surface area contributed by atoms with Crippen molar-refractivity contribution >= 4 is 40.1 Å². The van der Waals surface area contributed by atoms with E-state index in [9.17, 15) is 14.7 Å². The molecule has 4 aromatic rings. The van der Waals surface area contributed by atoms with Crippen molar-refractivity contribution in [1.29, 1.82) is 0 Å². The highest BCUT2D eigenvalue weighted by Crippen LogP contribution is 2.31. The lowest BCUT2D eigenvalue weighted by atomic mass is 9.98. The van der Waals surface area contributed by atoms with Crippen LogP contribution in [-0.4, -0.2) is 37.5 Å². The normalized spacial score (nSPS) is 12.3. The molecule has 0 aliphatic heterocycles.